The molecular formula is C23H35N3O4. The van der Waals surface area contributed by atoms with Crippen molar-refractivity contribution in [3.05, 3.63) is 24.3 Å². The number of carbonyl (C=O) groups is 2. The van der Waals surface area contributed by atoms with Crippen LogP contribution in [0.1, 0.15) is 39.0 Å². The molecule has 0 saturated carbocycles. The fraction of sp³-hybridized carbons (Fsp3) is 0.652. The smallest absolute Gasteiger partial charge is 0.265 e. The zero-order valence-corrected chi connectivity index (χ0v) is 18.2. The Hall–Kier alpha value is -2.12. The molecule has 0 atom stereocenters. The highest BCUT2D eigenvalue weighted by atomic mass is 16.5. The van der Waals surface area contributed by atoms with Crippen molar-refractivity contribution in [3.8, 4) is 5.75 Å². The maximum absolute atomic E-state index is 13.1. The Labute approximate surface area is 179 Å². The Balaban J connectivity index is 1.55. The van der Waals surface area contributed by atoms with E-state index in [0.717, 1.165) is 64.5 Å². The molecule has 0 N–H and O–H groups in total. The molecule has 30 heavy (non-hydrogen) atoms. The summed E-state index contributed by atoms with van der Waals surface area (Å²) in [6, 6.07) is 7.51. The van der Waals surface area contributed by atoms with Gasteiger partial charge < -0.3 is 19.3 Å². The highest BCUT2D eigenvalue weighted by Gasteiger charge is 2.26. The van der Waals surface area contributed by atoms with Crippen LogP contribution >= 0.6 is 0 Å². The van der Waals surface area contributed by atoms with Crippen molar-refractivity contribution in [3.63, 3.8) is 0 Å². The summed E-state index contributed by atoms with van der Waals surface area (Å²) < 4.78 is 10.9. The molecule has 1 aromatic carbocycles. The number of hydrogen-bond donors (Lipinski definition) is 0. The van der Waals surface area contributed by atoms with Crippen molar-refractivity contribution in [2.24, 2.45) is 0 Å². The molecule has 2 amide bonds. The molecule has 2 aliphatic rings. The number of nitrogens with zero attached hydrogens (tertiary/aromatic N) is 3. The van der Waals surface area contributed by atoms with E-state index in [9.17, 15) is 9.59 Å². The fourth-order valence-corrected chi connectivity index (χ4v) is 3.94. The first-order valence-electron chi connectivity index (χ1n) is 11.3. The summed E-state index contributed by atoms with van der Waals surface area (Å²) in [5.74, 6) is 0.731. The minimum atomic E-state index is -0.0932. The predicted octanol–water partition coefficient (Wildman–Crippen LogP) is 2.54. The van der Waals surface area contributed by atoms with Crippen LogP contribution in [0.5, 0.6) is 5.75 Å². The van der Waals surface area contributed by atoms with E-state index in [1.54, 1.807) is 4.90 Å². The number of ether oxygens (including phenoxy) is 2. The van der Waals surface area contributed by atoms with Crippen LogP contribution in [-0.2, 0) is 14.3 Å². The third-order valence-corrected chi connectivity index (χ3v) is 5.78. The lowest BCUT2D eigenvalue weighted by Gasteiger charge is -2.32. The van der Waals surface area contributed by atoms with Gasteiger partial charge in [-0.2, -0.15) is 0 Å². The van der Waals surface area contributed by atoms with Gasteiger partial charge in [-0.15, -0.1) is 0 Å². The number of morpholine rings is 1. The third-order valence-electron chi connectivity index (χ3n) is 5.78. The average molecular weight is 418 g/mol. The van der Waals surface area contributed by atoms with Crippen LogP contribution in [0.25, 0.3) is 0 Å². The van der Waals surface area contributed by atoms with Crippen LogP contribution in [0.2, 0.25) is 0 Å². The van der Waals surface area contributed by atoms with Crippen molar-refractivity contribution >= 4 is 17.5 Å². The number of para-hydroxylation sites is 2. The molecule has 2 aliphatic heterocycles. The summed E-state index contributed by atoms with van der Waals surface area (Å²) in [7, 11) is 0. The van der Waals surface area contributed by atoms with Crippen LogP contribution in [-0.4, -0.2) is 80.7 Å². The van der Waals surface area contributed by atoms with E-state index in [1.165, 1.54) is 12.8 Å². The Morgan fingerprint density at radius 2 is 1.87 bits per heavy atom. The molecule has 2 heterocycles. The van der Waals surface area contributed by atoms with Crippen molar-refractivity contribution in [2.75, 3.05) is 64.0 Å². The lowest BCUT2D eigenvalue weighted by molar-refractivity contribution is -0.131. The molecule has 1 fully saturated rings. The van der Waals surface area contributed by atoms with Crippen LogP contribution in [0.15, 0.2) is 24.3 Å². The Kier molecular flexibility index (Phi) is 8.96. The summed E-state index contributed by atoms with van der Waals surface area (Å²) in [5.41, 5.74) is 0.754. The summed E-state index contributed by atoms with van der Waals surface area (Å²) >= 11 is 0. The SMILES string of the molecule is CCCCCCN(CCN1CCOCC1)C(=O)CCN1C(=O)COc2ccccc21. The molecule has 0 aromatic heterocycles. The quantitative estimate of drug-likeness (QED) is 0.518. The van der Waals surface area contributed by atoms with Gasteiger partial charge in [-0.1, -0.05) is 38.3 Å². The number of carbonyl (C=O) groups excluding carboxylic acids is 2. The maximum atomic E-state index is 13.1. The Bertz CT molecular complexity index is 691. The lowest BCUT2D eigenvalue weighted by Crippen LogP contribution is -2.45. The minimum Gasteiger partial charge on any atom is -0.482 e. The fourth-order valence-electron chi connectivity index (χ4n) is 3.94. The first-order valence-corrected chi connectivity index (χ1v) is 11.3. The molecule has 166 valence electrons. The Morgan fingerprint density at radius 3 is 2.67 bits per heavy atom. The van der Waals surface area contributed by atoms with Gasteiger partial charge in [0.1, 0.15) is 5.75 Å². The molecule has 7 heteroatoms. The van der Waals surface area contributed by atoms with Gasteiger partial charge in [0, 0.05) is 45.7 Å². The van der Waals surface area contributed by atoms with Gasteiger partial charge >= 0.3 is 0 Å². The monoisotopic (exact) mass is 417 g/mol. The standard InChI is InChI=1S/C23H35N3O4/c1-2-3-4-7-11-25(14-13-24-15-17-29-18-16-24)22(27)10-12-26-20-8-5-6-9-21(20)30-19-23(26)28/h5-6,8-9H,2-4,7,10-19H2,1H3. The second-order valence-electron chi connectivity index (χ2n) is 7.95. The molecule has 1 aromatic rings. The molecule has 0 aliphatic carbocycles. The van der Waals surface area contributed by atoms with Gasteiger partial charge in [-0.3, -0.25) is 14.5 Å². The van der Waals surface area contributed by atoms with Crippen molar-refractivity contribution in [1.29, 1.82) is 0 Å². The van der Waals surface area contributed by atoms with Crippen molar-refractivity contribution in [2.45, 2.75) is 39.0 Å². The van der Waals surface area contributed by atoms with Crippen LogP contribution < -0.4 is 9.64 Å². The second-order valence-corrected chi connectivity index (χ2v) is 7.95. The molecule has 3 rings (SSSR count). The second kappa shape index (κ2) is 11.9. The third kappa shape index (κ3) is 6.44. The number of amides is 2. The summed E-state index contributed by atoms with van der Waals surface area (Å²) in [6.07, 6.45) is 4.89. The van der Waals surface area contributed by atoms with E-state index in [4.69, 9.17) is 9.47 Å². The van der Waals surface area contributed by atoms with Gasteiger partial charge in [0.05, 0.1) is 18.9 Å². The number of benzene rings is 1. The van der Waals surface area contributed by atoms with Gasteiger partial charge in [0.25, 0.3) is 5.91 Å². The van der Waals surface area contributed by atoms with E-state index < -0.39 is 0 Å². The van der Waals surface area contributed by atoms with Crippen molar-refractivity contribution < 1.29 is 19.1 Å². The summed E-state index contributed by atoms with van der Waals surface area (Å²) in [5, 5.41) is 0. The predicted molar refractivity (Wildman–Crippen MR) is 117 cm³/mol. The number of hydrogen-bond acceptors (Lipinski definition) is 5. The van der Waals surface area contributed by atoms with Crippen LogP contribution in [0.4, 0.5) is 5.69 Å². The number of rotatable bonds is 11. The molecule has 0 unspecified atom stereocenters. The zero-order valence-electron chi connectivity index (χ0n) is 18.2. The lowest BCUT2D eigenvalue weighted by atomic mass is 10.2. The number of fused-ring (bicyclic) bond motifs is 1. The zero-order chi connectivity index (χ0) is 21.2. The molecule has 0 radical (unpaired) electrons. The molecule has 7 nitrogen and oxygen atoms in total. The largest absolute Gasteiger partial charge is 0.482 e. The molecule has 1 saturated heterocycles. The normalized spacial score (nSPS) is 16.8. The van der Waals surface area contributed by atoms with Gasteiger partial charge in [0.2, 0.25) is 5.91 Å². The minimum absolute atomic E-state index is 0.0307. The van der Waals surface area contributed by atoms with Crippen LogP contribution in [0.3, 0.4) is 0 Å². The number of unbranched alkanes of at least 4 members (excludes halogenated alkanes) is 3. The maximum Gasteiger partial charge on any atom is 0.265 e. The number of anilines is 1. The summed E-state index contributed by atoms with van der Waals surface area (Å²) in [6.45, 7) is 8.40. The average Bonchev–Trinajstić information content (AvgIpc) is 2.78. The molecular weight excluding hydrogens is 382 g/mol. The first kappa shape index (κ1) is 22.6. The highest BCUT2D eigenvalue weighted by molar-refractivity contribution is 5.98. The molecule has 0 bridgehead atoms. The van der Waals surface area contributed by atoms with E-state index >= 15 is 0 Å². The van der Waals surface area contributed by atoms with Gasteiger partial charge in [-0.05, 0) is 18.6 Å². The van der Waals surface area contributed by atoms with E-state index in [1.807, 2.05) is 29.2 Å². The van der Waals surface area contributed by atoms with E-state index in [2.05, 4.69) is 11.8 Å². The van der Waals surface area contributed by atoms with Crippen molar-refractivity contribution in [1.82, 2.24) is 9.80 Å². The van der Waals surface area contributed by atoms with Gasteiger partial charge in [-0.25, -0.2) is 0 Å². The summed E-state index contributed by atoms with van der Waals surface area (Å²) in [4.78, 5) is 31.5. The Morgan fingerprint density at radius 1 is 1.07 bits per heavy atom. The highest BCUT2D eigenvalue weighted by Crippen LogP contribution is 2.31. The molecule has 0 spiro atoms. The first-order chi connectivity index (χ1) is 14.7. The van der Waals surface area contributed by atoms with E-state index in [0.29, 0.717) is 18.7 Å². The van der Waals surface area contributed by atoms with Gasteiger partial charge in [0.15, 0.2) is 6.61 Å². The topological polar surface area (TPSA) is 62.3 Å². The van der Waals surface area contributed by atoms with E-state index in [-0.39, 0.29) is 18.4 Å². The van der Waals surface area contributed by atoms with Crippen LogP contribution in [0, 0.1) is 0 Å².